The van der Waals surface area contributed by atoms with E-state index in [4.69, 9.17) is 9.47 Å². The summed E-state index contributed by atoms with van der Waals surface area (Å²) in [5, 5.41) is 2.85. The van der Waals surface area contributed by atoms with Gasteiger partial charge < -0.3 is 14.8 Å². The molecule has 0 spiro atoms. The van der Waals surface area contributed by atoms with Gasteiger partial charge in [0, 0.05) is 11.3 Å². The molecule has 5 nitrogen and oxygen atoms in total. The number of methoxy groups -OCH3 is 1. The fourth-order valence-corrected chi connectivity index (χ4v) is 2.63. The van der Waals surface area contributed by atoms with Gasteiger partial charge in [-0.3, -0.25) is 9.59 Å². The molecular formula is C23H21NO4. The number of hydrogen-bond acceptors (Lipinski definition) is 4. The maximum atomic E-state index is 12.2. The van der Waals surface area contributed by atoms with Crippen molar-refractivity contribution < 1.29 is 19.1 Å². The number of nitrogens with one attached hydrogen (secondary N) is 1. The summed E-state index contributed by atoms with van der Waals surface area (Å²) < 4.78 is 10.6. The monoisotopic (exact) mass is 375 g/mol. The summed E-state index contributed by atoms with van der Waals surface area (Å²) in [5.41, 5.74) is 2.19. The number of ketones is 1. The van der Waals surface area contributed by atoms with Crippen molar-refractivity contribution in [2.24, 2.45) is 0 Å². The normalized spacial score (nSPS) is 10.2. The molecule has 0 radical (unpaired) electrons. The van der Waals surface area contributed by atoms with E-state index in [1.54, 1.807) is 55.6 Å². The molecular weight excluding hydrogens is 354 g/mol. The van der Waals surface area contributed by atoms with Crippen LogP contribution in [0.15, 0.2) is 78.9 Å². The first kappa shape index (κ1) is 19.2. The molecule has 0 atom stereocenters. The van der Waals surface area contributed by atoms with E-state index in [0.717, 1.165) is 5.56 Å². The zero-order chi connectivity index (χ0) is 19.8. The lowest BCUT2D eigenvalue weighted by Gasteiger charge is -2.08. The van der Waals surface area contributed by atoms with Crippen LogP contribution in [0, 0.1) is 0 Å². The van der Waals surface area contributed by atoms with Crippen molar-refractivity contribution in [1.82, 2.24) is 0 Å². The highest BCUT2D eigenvalue weighted by molar-refractivity contribution is 5.97. The predicted octanol–water partition coefficient (Wildman–Crippen LogP) is 4.14. The molecule has 5 heteroatoms. The van der Waals surface area contributed by atoms with Gasteiger partial charge in [-0.15, -0.1) is 0 Å². The molecule has 0 aromatic heterocycles. The smallest absolute Gasteiger partial charge is 0.228 e. The Balaban J connectivity index is 1.49. The summed E-state index contributed by atoms with van der Waals surface area (Å²) in [6, 6.07) is 23.4. The SMILES string of the molecule is COc1ccc(C(=O)COc2ccc(NC(=O)Cc3ccccc3)cc2)cc1. The van der Waals surface area contributed by atoms with E-state index in [1.807, 2.05) is 30.3 Å². The number of amides is 1. The van der Waals surface area contributed by atoms with Gasteiger partial charge in [-0.2, -0.15) is 0 Å². The van der Waals surface area contributed by atoms with Gasteiger partial charge in [0.1, 0.15) is 11.5 Å². The Labute approximate surface area is 163 Å². The van der Waals surface area contributed by atoms with Crippen LogP contribution in [-0.4, -0.2) is 25.4 Å². The lowest BCUT2D eigenvalue weighted by atomic mass is 10.1. The lowest BCUT2D eigenvalue weighted by Crippen LogP contribution is -2.14. The van der Waals surface area contributed by atoms with Crippen LogP contribution in [0.1, 0.15) is 15.9 Å². The van der Waals surface area contributed by atoms with Gasteiger partial charge in [0.05, 0.1) is 13.5 Å². The largest absolute Gasteiger partial charge is 0.497 e. The van der Waals surface area contributed by atoms with Gasteiger partial charge in [0.15, 0.2) is 12.4 Å². The summed E-state index contributed by atoms with van der Waals surface area (Å²) in [4.78, 5) is 24.3. The van der Waals surface area contributed by atoms with E-state index >= 15 is 0 Å². The van der Waals surface area contributed by atoms with Crippen LogP contribution in [0.25, 0.3) is 0 Å². The molecule has 0 heterocycles. The van der Waals surface area contributed by atoms with E-state index in [9.17, 15) is 9.59 Å². The van der Waals surface area contributed by atoms with E-state index in [1.165, 1.54) is 0 Å². The molecule has 1 N–H and O–H groups in total. The quantitative estimate of drug-likeness (QED) is 0.601. The third kappa shape index (κ3) is 5.45. The number of hydrogen-bond donors (Lipinski definition) is 1. The summed E-state index contributed by atoms with van der Waals surface area (Å²) >= 11 is 0. The molecule has 0 fully saturated rings. The fourth-order valence-electron chi connectivity index (χ4n) is 2.63. The number of ether oxygens (including phenoxy) is 2. The summed E-state index contributed by atoms with van der Waals surface area (Å²) in [5.74, 6) is 1.04. The first-order valence-electron chi connectivity index (χ1n) is 8.88. The van der Waals surface area contributed by atoms with Crippen molar-refractivity contribution in [3.05, 3.63) is 90.0 Å². The molecule has 28 heavy (non-hydrogen) atoms. The zero-order valence-electron chi connectivity index (χ0n) is 15.6. The maximum absolute atomic E-state index is 12.2. The van der Waals surface area contributed by atoms with E-state index < -0.39 is 0 Å². The van der Waals surface area contributed by atoms with Crippen LogP contribution in [0.3, 0.4) is 0 Å². The third-order valence-corrected chi connectivity index (χ3v) is 4.13. The number of anilines is 1. The van der Waals surface area contributed by atoms with Crippen LogP contribution in [0.5, 0.6) is 11.5 Å². The molecule has 1 amide bonds. The maximum Gasteiger partial charge on any atom is 0.228 e. The summed E-state index contributed by atoms with van der Waals surface area (Å²) in [6.07, 6.45) is 0.315. The Bertz CT molecular complexity index is 919. The molecule has 0 aliphatic heterocycles. The minimum atomic E-state index is -0.122. The molecule has 3 aromatic carbocycles. The fraction of sp³-hybridized carbons (Fsp3) is 0.130. The molecule has 0 unspecified atom stereocenters. The molecule has 0 bridgehead atoms. The second kappa shape index (κ2) is 9.37. The summed E-state index contributed by atoms with van der Waals surface area (Å²) in [7, 11) is 1.58. The first-order chi connectivity index (χ1) is 13.6. The van der Waals surface area contributed by atoms with Crippen molar-refractivity contribution in [3.8, 4) is 11.5 Å². The minimum absolute atomic E-state index is 0.0635. The number of rotatable bonds is 8. The Morgan fingerprint density at radius 3 is 2.11 bits per heavy atom. The number of Topliss-reactive ketones (excluding diaryl/α,β-unsaturated/α-hetero) is 1. The Hall–Kier alpha value is -3.60. The third-order valence-electron chi connectivity index (χ3n) is 4.13. The topological polar surface area (TPSA) is 64.6 Å². The molecule has 0 aliphatic rings. The van der Waals surface area contributed by atoms with Gasteiger partial charge in [0.2, 0.25) is 5.91 Å². The lowest BCUT2D eigenvalue weighted by molar-refractivity contribution is -0.115. The minimum Gasteiger partial charge on any atom is -0.497 e. The van der Waals surface area contributed by atoms with Crippen molar-refractivity contribution in [3.63, 3.8) is 0 Å². The molecule has 142 valence electrons. The van der Waals surface area contributed by atoms with E-state index in [-0.39, 0.29) is 18.3 Å². The van der Waals surface area contributed by atoms with E-state index in [2.05, 4.69) is 5.32 Å². The van der Waals surface area contributed by atoms with Gasteiger partial charge in [-0.25, -0.2) is 0 Å². The van der Waals surface area contributed by atoms with Crippen LogP contribution >= 0.6 is 0 Å². The molecule has 3 rings (SSSR count). The second-order valence-corrected chi connectivity index (χ2v) is 6.18. The van der Waals surface area contributed by atoms with Gasteiger partial charge in [0.25, 0.3) is 0 Å². The Morgan fingerprint density at radius 1 is 0.821 bits per heavy atom. The molecule has 3 aromatic rings. The van der Waals surface area contributed by atoms with Crippen molar-refractivity contribution >= 4 is 17.4 Å². The van der Waals surface area contributed by atoms with Gasteiger partial charge in [-0.05, 0) is 54.1 Å². The highest BCUT2D eigenvalue weighted by atomic mass is 16.5. The average molecular weight is 375 g/mol. The number of carbonyl (C=O) groups excluding carboxylic acids is 2. The van der Waals surface area contributed by atoms with Gasteiger partial charge >= 0.3 is 0 Å². The van der Waals surface area contributed by atoms with E-state index in [0.29, 0.717) is 29.2 Å². The number of benzene rings is 3. The van der Waals surface area contributed by atoms with Crippen LogP contribution in [0.4, 0.5) is 5.69 Å². The highest BCUT2D eigenvalue weighted by Gasteiger charge is 2.08. The average Bonchev–Trinajstić information content (AvgIpc) is 2.73. The molecule has 0 saturated carbocycles. The van der Waals surface area contributed by atoms with Gasteiger partial charge in [-0.1, -0.05) is 30.3 Å². The number of carbonyl (C=O) groups is 2. The molecule has 0 saturated heterocycles. The molecule has 0 aliphatic carbocycles. The highest BCUT2D eigenvalue weighted by Crippen LogP contribution is 2.17. The zero-order valence-corrected chi connectivity index (χ0v) is 15.6. The van der Waals surface area contributed by atoms with Crippen molar-refractivity contribution in [1.29, 1.82) is 0 Å². The Morgan fingerprint density at radius 2 is 1.46 bits per heavy atom. The van der Waals surface area contributed by atoms with Crippen molar-refractivity contribution in [2.45, 2.75) is 6.42 Å². The van der Waals surface area contributed by atoms with Crippen LogP contribution < -0.4 is 14.8 Å². The predicted molar refractivity (Wildman–Crippen MR) is 108 cm³/mol. The second-order valence-electron chi connectivity index (χ2n) is 6.18. The summed E-state index contributed by atoms with van der Waals surface area (Å²) in [6.45, 7) is -0.0635. The van der Waals surface area contributed by atoms with Crippen molar-refractivity contribution in [2.75, 3.05) is 19.0 Å². The standard InChI is InChI=1S/C23H21NO4/c1-27-20-11-7-18(8-12-20)22(25)16-28-21-13-9-19(10-14-21)24-23(26)15-17-5-3-2-4-6-17/h2-14H,15-16H2,1H3,(H,24,26). The van der Waals surface area contributed by atoms with Crippen LogP contribution in [0.2, 0.25) is 0 Å². The Kier molecular flexibility index (Phi) is 6.41. The first-order valence-corrected chi connectivity index (χ1v) is 8.88. The van der Waals surface area contributed by atoms with Crippen LogP contribution in [-0.2, 0) is 11.2 Å².